The zero-order chi connectivity index (χ0) is 18.7. The standard InChI is InChI=1S/C19H30N4O2S/c1-13(2)9-23-10-15(8-17(23)24)18(25)21-19-20-16(12-26-19)11-22-6-4-14(3)5-7-22/h12-15H,4-11H2,1-3H3,(H,20,21,25)/t15-/m1/s1. The van der Waals surface area contributed by atoms with Crippen LogP contribution in [0.1, 0.15) is 45.7 Å². The first-order chi connectivity index (χ1) is 12.4. The van der Waals surface area contributed by atoms with Gasteiger partial charge in [-0.05, 0) is 37.8 Å². The van der Waals surface area contributed by atoms with Gasteiger partial charge in [0.1, 0.15) is 0 Å². The number of nitrogens with zero attached hydrogens (tertiary/aromatic N) is 3. The van der Waals surface area contributed by atoms with Gasteiger partial charge in [-0.3, -0.25) is 14.5 Å². The van der Waals surface area contributed by atoms with Crippen LogP contribution in [0.2, 0.25) is 0 Å². The van der Waals surface area contributed by atoms with Crippen LogP contribution in [-0.2, 0) is 16.1 Å². The molecule has 144 valence electrons. The van der Waals surface area contributed by atoms with Crippen molar-refractivity contribution >= 4 is 28.3 Å². The molecule has 3 heterocycles. The zero-order valence-corrected chi connectivity index (χ0v) is 16.8. The van der Waals surface area contributed by atoms with Crippen LogP contribution < -0.4 is 5.32 Å². The van der Waals surface area contributed by atoms with Gasteiger partial charge in [-0.25, -0.2) is 4.98 Å². The van der Waals surface area contributed by atoms with Crippen LogP contribution in [-0.4, -0.2) is 52.8 Å². The lowest BCUT2D eigenvalue weighted by atomic mass is 9.99. The van der Waals surface area contributed by atoms with Crippen LogP contribution >= 0.6 is 11.3 Å². The van der Waals surface area contributed by atoms with Crippen LogP contribution in [0, 0.1) is 17.8 Å². The molecule has 26 heavy (non-hydrogen) atoms. The van der Waals surface area contributed by atoms with Crippen molar-refractivity contribution < 1.29 is 9.59 Å². The number of amides is 2. The first-order valence-corrected chi connectivity index (χ1v) is 10.5. The minimum atomic E-state index is -0.266. The summed E-state index contributed by atoms with van der Waals surface area (Å²) in [6, 6.07) is 0. The van der Waals surface area contributed by atoms with Gasteiger partial charge in [0.05, 0.1) is 11.6 Å². The van der Waals surface area contributed by atoms with Crippen molar-refractivity contribution in [3.05, 3.63) is 11.1 Å². The van der Waals surface area contributed by atoms with Gasteiger partial charge in [0.15, 0.2) is 5.13 Å². The van der Waals surface area contributed by atoms with Crippen LogP contribution in [0.4, 0.5) is 5.13 Å². The van der Waals surface area contributed by atoms with Gasteiger partial charge in [-0.1, -0.05) is 20.8 Å². The molecule has 0 aromatic carbocycles. The number of rotatable bonds is 6. The minimum absolute atomic E-state index is 0.0815. The topological polar surface area (TPSA) is 65.5 Å². The lowest BCUT2D eigenvalue weighted by molar-refractivity contribution is -0.128. The van der Waals surface area contributed by atoms with E-state index in [4.69, 9.17) is 0 Å². The minimum Gasteiger partial charge on any atom is -0.342 e. The number of hydrogen-bond donors (Lipinski definition) is 1. The molecule has 2 amide bonds. The SMILES string of the molecule is CC(C)CN1C[C@H](C(=O)Nc2nc(CN3CCC(C)CC3)cs2)CC1=O. The molecule has 2 saturated heterocycles. The molecule has 0 spiro atoms. The Labute approximate surface area is 160 Å². The zero-order valence-electron chi connectivity index (χ0n) is 16.0. The van der Waals surface area contributed by atoms with Crippen LogP contribution in [0.5, 0.6) is 0 Å². The van der Waals surface area contributed by atoms with Crippen molar-refractivity contribution in [2.75, 3.05) is 31.5 Å². The molecular weight excluding hydrogens is 348 g/mol. The third kappa shape index (κ3) is 5.04. The Kier molecular flexibility index (Phi) is 6.29. The quantitative estimate of drug-likeness (QED) is 0.827. The van der Waals surface area contributed by atoms with Gasteiger partial charge >= 0.3 is 0 Å². The van der Waals surface area contributed by atoms with Crippen molar-refractivity contribution in [1.82, 2.24) is 14.8 Å². The predicted octanol–water partition coefficient (Wildman–Crippen LogP) is 2.82. The summed E-state index contributed by atoms with van der Waals surface area (Å²) in [6.07, 6.45) is 2.80. The molecule has 2 fully saturated rings. The van der Waals surface area contributed by atoms with Crippen LogP contribution in [0.15, 0.2) is 5.38 Å². The Bertz CT molecular complexity index is 637. The van der Waals surface area contributed by atoms with E-state index in [-0.39, 0.29) is 17.7 Å². The van der Waals surface area contributed by atoms with E-state index in [1.807, 2.05) is 5.38 Å². The molecule has 0 unspecified atom stereocenters. The van der Waals surface area contributed by atoms with E-state index < -0.39 is 0 Å². The molecule has 1 atom stereocenters. The van der Waals surface area contributed by atoms with Gasteiger partial charge in [-0.2, -0.15) is 0 Å². The number of thiazole rings is 1. The first kappa shape index (κ1) is 19.3. The highest BCUT2D eigenvalue weighted by atomic mass is 32.1. The fourth-order valence-corrected chi connectivity index (χ4v) is 4.36. The summed E-state index contributed by atoms with van der Waals surface area (Å²) >= 11 is 1.47. The number of carbonyl (C=O) groups excluding carboxylic acids is 2. The van der Waals surface area contributed by atoms with Gasteiger partial charge in [0.25, 0.3) is 0 Å². The van der Waals surface area contributed by atoms with Gasteiger partial charge in [-0.15, -0.1) is 11.3 Å². The molecule has 3 rings (SSSR count). The summed E-state index contributed by atoms with van der Waals surface area (Å²) in [7, 11) is 0. The normalized spacial score (nSPS) is 22.4. The molecule has 0 aliphatic carbocycles. The summed E-state index contributed by atoms with van der Waals surface area (Å²) in [5.74, 6) is 0.966. The van der Waals surface area contributed by atoms with E-state index >= 15 is 0 Å². The Morgan fingerprint density at radius 3 is 2.81 bits per heavy atom. The van der Waals surface area contributed by atoms with Crippen molar-refractivity contribution in [3.63, 3.8) is 0 Å². The molecule has 1 N–H and O–H groups in total. The van der Waals surface area contributed by atoms with Crippen LogP contribution in [0.3, 0.4) is 0 Å². The third-order valence-corrected chi connectivity index (χ3v) is 6.02. The van der Waals surface area contributed by atoms with Crippen molar-refractivity contribution in [3.8, 4) is 0 Å². The second kappa shape index (κ2) is 8.48. The number of hydrogen-bond acceptors (Lipinski definition) is 5. The monoisotopic (exact) mass is 378 g/mol. The number of piperidine rings is 1. The summed E-state index contributed by atoms with van der Waals surface area (Å²) in [6.45, 7) is 10.8. The average Bonchev–Trinajstić information content (AvgIpc) is 3.16. The molecule has 0 bridgehead atoms. The van der Waals surface area contributed by atoms with Crippen molar-refractivity contribution in [2.45, 2.75) is 46.6 Å². The number of carbonyl (C=O) groups is 2. The molecule has 0 saturated carbocycles. The maximum atomic E-state index is 12.5. The highest BCUT2D eigenvalue weighted by Crippen LogP contribution is 2.24. The predicted molar refractivity (Wildman–Crippen MR) is 104 cm³/mol. The van der Waals surface area contributed by atoms with E-state index in [9.17, 15) is 9.59 Å². The highest BCUT2D eigenvalue weighted by Gasteiger charge is 2.34. The summed E-state index contributed by atoms with van der Waals surface area (Å²) in [5, 5.41) is 5.58. The second-order valence-corrected chi connectivity index (χ2v) is 9.04. The molecule has 2 aliphatic rings. The largest absolute Gasteiger partial charge is 0.342 e. The lowest BCUT2D eigenvalue weighted by Crippen LogP contribution is -2.32. The third-order valence-electron chi connectivity index (χ3n) is 5.21. The molecule has 2 aliphatic heterocycles. The van der Waals surface area contributed by atoms with Crippen LogP contribution in [0.25, 0.3) is 0 Å². The molecule has 1 aromatic rings. The van der Waals surface area contributed by atoms with E-state index in [2.05, 4.69) is 36.0 Å². The first-order valence-electron chi connectivity index (χ1n) is 9.66. The maximum absolute atomic E-state index is 12.5. The molecule has 7 heteroatoms. The summed E-state index contributed by atoms with van der Waals surface area (Å²) < 4.78 is 0. The van der Waals surface area contributed by atoms with E-state index in [1.54, 1.807) is 4.90 Å². The molecular formula is C19H30N4O2S. The number of anilines is 1. The summed E-state index contributed by atoms with van der Waals surface area (Å²) in [5.41, 5.74) is 1.02. The Morgan fingerprint density at radius 1 is 1.38 bits per heavy atom. The number of aromatic nitrogens is 1. The highest BCUT2D eigenvalue weighted by molar-refractivity contribution is 7.13. The Morgan fingerprint density at radius 2 is 2.12 bits per heavy atom. The smallest absolute Gasteiger partial charge is 0.231 e. The summed E-state index contributed by atoms with van der Waals surface area (Å²) in [4.78, 5) is 33.3. The molecule has 0 radical (unpaired) electrons. The number of nitrogens with one attached hydrogen (secondary N) is 1. The molecule has 6 nitrogen and oxygen atoms in total. The van der Waals surface area contributed by atoms with E-state index in [1.165, 1.54) is 24.2 Å². The van der Waals surface area contributed by atoms with Gasteiger partial charge < -0.3 is 10.2 Å². The Balaban J connectivity index is 1.49. The van der Waals surface area contributed by atoms with Crippen molar-refractivity contribution in [1.29, 1.82) is 0 Å². The fourth-order valence-electron chi connectivity index (χ4n) is 3.66. The maximum Gasteiger partial charge on any atom is 0.231 e. The second-order valence-electron chi connectivity index (χ2n) is 8.19. The van der Waals surface area contributed by atoms with Gasteiger partial charge in [0.2, 0.25) is 11.8 Å². The van der Waals surface area contributed by atoms with Gasteiger partial charge in [0, 0.05) is 31.4 Å². The fraction of sp³-hybridized carbons (Fsp3) is 0.737. The van der Waals surface area contributed by atoms with E-state index in [0.29, 0.717) is 24.0 Å². The molecule has 1 aromatic heterocycles. The lowest BCUT2D eigenvalue weighted by Gasteiger charge is -2.29. The average molecular weight is 379 g/mol. The number of likely N-dealkylation sites (tertiary alicyclic amines) is 2. The van der Waals surface area contributed by atoms with E-state index in [0.717, 1.165) is 37.8 Å². The Hall–Kier alpha value is -1.47. The van der Waals surface area contributed by atoms with Crippen molar-refractivity contribution in [2.24, 2.45) is 17.8 Å².